The van der Waals surface area contributed by atoms with Gasteiger partial charge in [0.2, 0.25) is 0 Å². The van der Waals surface area contributed by atoms with E-state index in [1.807, 2.05) is 12.1 Å². The highest BCUT2D eigenvalue weighted by Gasteiger charge is 2.18. The first kappa shape index (κ1) is 16.1. The first-order chi connectivity index (χ1) is 11.6. The molecule has 1 fully saturated rings. The van der Waals surface area contributed by atoms with Gasteiger partial charge in [0, 0.05) is 26.2 Å². The molecule has 1 saturated heterocycles. The molecule has 0 amide bonds. The van der Waals surface area contributed by atoms with Gasteiger partial charge in [0.05, 0.1) is 18.2 Å². The van der Waals surface area contributed by atoms with Crippen LogP contribution < -0.4 is 16.1 Å². The van der Waals surface area contributed by atoms with Crippen molar-refractivity contribution in [1.82, 2.24) is 9.13 Å². The second-order valence-corrected chi connectivity index (χ2v) is 6.09. The number of anilines is 1. The van der Waals surface area contributed by atoms with Crippen molar-refractivity contribution in [3.8, 4) is 6.07 Å². The molecule has 1 aliphatic heterocycles. The summed E-state index contributed by atoms with van der Waals surface area (Å²) in [5.41, 5.74) is 0.670. The Morgan fingerprint density at radius 2 is 1.83 bits per heavy atom. The average molecular weight is 324 g/mol. The van der Waals surface area contributed by atoms with Gasteiger partial charge in [-0.25, -0.2) is 4.79 Å². The standard InChI is InChI=1S/C18H20N4O2/c1-20-17(23)11-16(21-9-5-2-6-10-21)22(18(20)24)13-15-8-4-3-7-14(15)12-19/h3-4,7-8,11H,2,5-6,9-10,13H2,1H3. The fourth-order valence-electron chi connectivity index (χ4n) is 3.13. The Bertz CT molecular complexity index is 898. The highest BCUT2D eigenvalue weighted by molar-refractivity contribution is 5.42. The van der Waals surface area contributed by atoms with Crippen LogP contribution in [0.25, 0.3) is 0 Å². The van der Waals surface area contributed by atoms with Crippen LogP contribution in [-0.2, 0) is 13.6 Å². The first-order valence-corrected chi connectivity index (χ1v) is 8.15. The van der Waals surface area contributed by atoms with Crippen molar-refractivity contribution in [3.05, 3.63) is 62.3 Å². The topological polar surface area (TPSA) is 71.0 Å². The number of benzene rings is 1. The smallest absolute Gasteiger partial charge is 0.332 e. The zero-order valence-electron chi connectivity index (χ0n) is 13.7. The molecule has 0 N–H and O–H groups in total. The number of piperidine rings is 1. The van der Waals surface area contributed by atoms with E-state index in [1.54, 1.807) is 16.7 Å². The van der Waals surface area contributed by atoms with E-state index in [-0.39, 0.29) is 17.8 Å². The maximum Gasteiger partial charge on any atom is 0.332 e. The maximum atomic E-state index is 12.7. The third kappa shape index (κ3) is 2.98. The van der Waals surface area contributed by atoms with Gasteiger partial charge in [0.15, 0.2) is 0 Å². The summed E-state index contributed by atoms with van der Waals surface area (Å²) in [6.07, 6.45) is 3.28. The summed E-state index contributed by atoms with van der Waals surface area (Å²) < 4.78 is 2.71. The molecule has 2 aromatic rings. The van der Waals surface area contributed by atoms with Crippen molar-refractivity contribution in [2.75, 3.05) is 18.0 Å². The van der Waals surface area contributed by atoms with Gasteiger partial charge in [-0.3, -0.25) is 13.9 Å². The minimum Gasteiger partial charge on any atom is -0.358 e. The summed E-state index contributed by atoms with van der Waals surface area (Å²) in [6, 6.07) is 10.9. The third-order valence-electron chi connectivity index (χ3n) is 4.52. The highest BCUT2D eigenvalue weighted by atomic mass is 16.2. The van der Waals surface area contributed by atoms with Gasteiger partial charge < -0.3 is 4.90 Å². The van der Waals surface area contributed by atoms with Crippen LogP contribution in [0.5, 0.6) is 0 Å². The fraction of sp³-hybridized carbons (Fsp3) is 0.389. The number of rotatable bonds is 3. The Morgan fingerprint density at radius 3 is 2.54 bits per heavy atom. The average Bonchev–Trinajstić information content (AvgIpc) is 2.63. The van der Waals surface area contributed by atoms with Crippen LogP contribution in [0.1, 0.15) is 30.4 Å². The molecule has 1 aromatic carbocycles. The number of aromatic nitrogens is 2. The molecule has 6 heteroatoms. The number of hydrogen-bond donors (Lipinski definition) is 0. The summed E-state index contributed by atoms with van der Waals surface area (Å²) in [6.45, 7) is 1.96. The van der Waals surface area contributed by atoms with E-state index < -0.39 is 0 Å². The van der Waals surface area contributed by atoms with Crippen LogP contribution >= 0.6 is 0 Å². The molecule has 0 bridgehead atoms. The highest BCUT2D eigenvalue weighted by Crippen LogP contribution is 2.19. The summed E-state index contributed by atoms with van der Waals surface area (Å²) in [5.74, 6) is 0.649. The van der Waals surface area contributed by atoms with E-state index in [0.717, 1.165) is 36.1 Å². The fourth-order valence-corrected chi connectivity index (χ4v) is 3.13. The minimum absolute atomic E-state index is 0.280. The predicted molar refractivity (Wildman–Crippen MR) is 92.3 cm³/mol. The molecule has 0 spiro atoms. The first-order valence-electron chi connectivity index (χ1n) is 8.15. The van der Waals surface area contributed by atoms with Crippen molar-refractivity contribution >= 4 is 5.82 Å². The van der Waals surface area contributed by atoms with Gasteiger partial charge in [-0.05, 0) is 30.9 Å². The second kappa shape index (κ2) is 6.75. The van der Waals surface area contributed by atoms with E-state index in [2.05, 4.69) is 11.0 Å². The van der Waals surface area contributed by atoms with E-state index in [1.165, 1.54) is 19.5 Å². The Hall–Kier alpha value is -2.81. The Morgan fingerprint density at radius 1 is 1.12 bits per heavy atom. The molecule has 1 aliphatic rings. The molecular formula is C18H20N4O2. The van der Waals surface area contributed by atoms with Gasteiger partial charge in [0.1, 0.15) is 5.82 Å². The molecular weight excluding hydrogens is 304 g/mol. The van der Waals surface area contributed by atoms with E-state index in [0.29, 0.717) is 11.4 Å². The molecule has 124 valence electrons. The van der Waals surface area contributed by atoms with Gasteiger partial charge in [0.25, 0.3) is 5.56 Å². The van der Waals surface area contributed by atoms with Crippen LogP contribution in [0.4, 0.5) is 5.82 Å². The Kier molecular flexibility index (Phi) is 4.52. The van der Waals surface area contributed by atoms with Gasteiger partial charge in [-0.2, -0.15) is 5.26 Å². The molecule has 0 unspecified atom stereocenters. The minimum atomic E-state index is -0.351. The molecule has 0 aliphatic carbocycles. The SMILES string of the molecule is Cn1c(=O)cc(N2CCCCC2)n(Cc2ccccc2C#N)c1=O. The summed E-state index contributed by atoms with van der Waals surface area (Å²) in [5, 5.41) is 9.28. The number of hydrogen-bond acceptors (Lipinski definition) is 4. The lowest BCUT2D eigenvalue weighted by Crippen LogP contribution is -2.43. The van der Waals surface area contributed by atoms with Crippen molar-refractivity contribution in [3.63, 3.8) is 0 Å². The molecule has 0 radical (unpaired) electrons. The number of nitrogens with zero attached hydrogens (tertiary/aromatic N) is 4. The Balaban J connectivity index is 2.12. The lowest BCUT2D eigenvalue weighted by molar-refractivity contribution is 0.548. The van der Waals surface area contributed by atoms with Crippen molar-refractivity contribution in [2.24, 2.45) is 7.05 Å². The summed E-state index contributed by atoms with van der Waals surface area (Å²) in [4.78, 5) is 26.9. The maximum absolute atomic E-state index is 12.7. The molecule has 1 aromatic heterocycles. The number of nitriles is 1. The molecule has 0 saturated carbocycles. The van der Waals surface area contributed by atoms with Crippen LogP contribution in [-0.4, -0.2) is 22.2 Å². The molecule has 3 rings (SSSR count). The van der Waals surface area contributed by atoms with E-state index in [4.69, 9.17) is 0 Å². The zero-order valence-corrected chi connectivity index (χ0v) is 13.7. The van der Waals surface area contributed by atoms with Crippen LogP contribution in [0.15, 0.2) is 39.9 Å². The van der Waals surface area contributed by atoms with Gasteiger partial charge in [-0.1, -0.05) is 18.2 Å². The van der Waals surface area contributed by atoms with Crippen molar-refractivity contribution in [2.45, 2.75) is 25.8 Å². The lowest BCUT2D eigenvalue weighted by Gasteiger charge is -2.31. The third-order valence-corrected chi connectivity index (χ3v) is 4.52. The van der Waals surface area contributed by atoms with Gasteiger partial charge in [-0.15, -0.1) is 0 Å². The van der Waals surface area contributed by atoms with Crippen LogP contribution in [0, 0.1) is 11.3 Å². The van der Waals surface area contributed by atoms with Crippen molar-refractivity contribution < 1.29 is 0 Å². The van der Waals surface area contributed by atoms with Gasteiger partial charge >= 0.3 is 5.69 Å². The largest absolute Gasteiger partial charge is 0.358 e. The predicted octanol–water partition coefficient (Wildman–Crippen LogP) is 1.46. The van der Waals surface area contributed by atoms with Crippen molar-refractivity contribution in [1.29, 1.82) is 5.26 Å². The monoisotopic (exact) mass is 324 g/mol. The van der Waals surface area contributed by atoms with E-state index in [9.17, 15) is 14.9 Å². The zero-order chi connectivity index (χ0) is 17.1. The molecule has 6 nitrogen and oxygen atoms in total. The quantitative estimate of drug-likeness (QED) is 0.857. The van der Waals surface area contributed by atoms with Crippen LogP contribution in [0.3, 0.4) is 0 Å². The Labute approximate surface area is 140 Å². The van der Waals surface area contributed by atoms with Crippen LogP contribution in [0.2, 0.25) is 0 Å². The normalized spacial score (nSPS) is 14.4. The summed E-state index contributed by atoms with van der Waals surface area (Å²) in [7, 11) is 1.48. The molecule has 0 atom stereocenters. The van der Waals surface area contributed by atoms with E-state index >= 15 is 0 Å². The molecule has 2 heterocycles. The summed E-state index contributed by atoms with van der Waals surface area (Å²) >= 11 is 0. The second-order valence-electron chi connectivity index (χ2n) is 6.09. The lowest BCUT2D eigenvalue weighted by atomic mass is 10.1. The molecule has 24 heavy (non-hydrogen) atoms.